The van der Waals surface area contributed by atoms with Gasteiger partial charge in [-0.2, -0.15) is 0 Å². The molecule has 12 heavy (non-hydrogen) atoms. The van der Waals surface area contributed by atoms with E-state index in [0.29, 0.717) is 17.0 Å². The zero-order valence-corrected chi connectivity index (χ0v) is 7.53. The van der Waals surface area contributed by atoms with E-state index in [1.807, 2.05) is 0 Å². The highest BCUT2D eigenvalue weighted by Crippen LogP contribution is 2.22. The van der Waals surface area contributed by atoms with Crippen LogP contribution in [0.4, 0.5) is 0 Å². The minimum Gasteiger partial charge on any atom is -0.387 e. The van der Waals surface area contributed by atoms with Crippen LogP contribution in [0.15, 0.2) is 4.52 Å². The zero-order valence-electron chi connectivity index (χ0n) is 7.53. The molecule has 0 saturated heterocycles. The van der Waals surface area contributed by atoms with E-state index in [-0.39, 0.29) is 6.04 Å². The molecule has 1 aromatic heterocycles. The van der Waals surface area contributed by atoms with Crippen LogP contribution in [0.5, 0.6) is 0 Å². The van der Waals surface area contributed by atoms with Gasteiger partial charge in [-0.3, -0.25) is 0 Å². The lowest BCUT2D eigenvalue weighted by molar-refractivity contribution is 0.151. The Morgan fingerprint density at radius 3 is 2.42 bits per heavy atom. The van der Waals surface area contributed by atoms with E-state index in [0.717, 1.165) is 0 Å². The van der Waals surface area contributed by atoms with Crippen molar-refractivity contribution < 1.29 is 9.63 Å². The van der Waals surface area contributed by atoms with Gasteiger partial charge in [0, 0.05) is 11.6 Å². The summed E-state index contributed by atoms with van der Waals surface area (Å²) in [6.07, 6.45) is -0.684. The van der Waals surface area contributed by atoms with Gasteiger partial charge in [0.05, 0.1) is 11.8 Å². The van der Waals surface area contributed by atoms with Crippen molar-refractivity contribution in [2.45, 2.75) is 32.9 Å². The molecule has 0 saturated carbocycles. The monoisotopic (exact) mass is 170 g/mol. The zero-order chi connectivity index (χ0) is 9.30. The number of aryl methyl sites for hydroxylation is 2. The normalized spacial score (nSPS) is 16.1. The van der Waals surface area contributed by atoms with Crippen molar-refractivity contribution in [1.82, 2.24) is 5.16 Å². The van der Waals surface area contributed by atoms with Crippen LogP contribution in [-0.2, 0) is 0 Å². The molecule has 4 heteroatoms. The summed E-state index contributed by atoms with van der Waals surface area (Å²) in [7, 11) is 0. The van der Waals surface area contributed by atoms with Gasteiger partial charge in [0.2, 0.25) is 0 Å². The molecule has 0 unspecified atom stereocenters. The number of aliphatic hydroxyl groups excluding tert-OH is 1. The fourth-order valence-electron chi connectivity index (χ4n) is 1.18. The Morgan fingerprint density at radius 2 is 2.08 bits per heavy atom. The van der Waals surface area contributed by atoms with Crippen molar-refractivity contribution in [3.8, 4) is 0 Å². The summed E-state index contributed by atoms with van der Waals surface area (Å²) < 4.78 is 4.90. The number of hydrogen-bond donors (Lipinski definition) is 2. The van der Waals surface area contributed by atoms with Crippen LogP contribution in [0.3, 0.4) is 0 Å². The third kappa shape index (κ3) is 1.49. The Hall–Kier alpha value is -0.870. The Balaban J connectivity index is 3.00. The van der Waals surface area contributed by atoms with E-state index < -0.39 is 6.10 Å². The van der Waals surface area contributed by atoms with E-state index in [1.165, 1.54) is 0 Å². The molecule has 0 fully saturated rings. The number of rotatable bonds is 2. The van der Waals surface area contributed by atoms with Crippen molar-refractivity contribution >= 4 is 0 Å². The number of nitrogens with zero attached hydrogens (tertiary/aromatic N) is 1. The Kier molecular flexibility index (Phi) is 2.49. The van der Waals surface area contributed by atoms with Gasteiger partial charge in [-0.1, -0.05) is 5.16 Å². The van der Waals surface area contributed by atoms with E-state index >= 15 is 0 Å². The number of hydrogen-bond acceptors (Lipinski definition) is 4. The van der Waals surface area contributed by atoms with E-state index in [9.17, 15) is 5.11 Å². The Labute approximate surface area is 71.4 Å². The van der Waals surface area contributed by atoms with Crippen LogP contribution in [0.2, 0.25) is 0 Å². The van der Waals surface area contributed by atoms with Crippen LogP contribution in [0.25, 0.3) is 0 Å². The standard InChI is InChI=1S/C8H14N2O2/c1-4(9)8(11)7-5(2)10-12-6(7)3/h4,8,11H,9H2,1-3H3/t4-,8+/m1/s1. The molecule has 0 spiro atoms. The van der Waals surface area contributed by atoms with Gasteiger partial charge < -0.3 is 15.4 Å². The molecular weight excluding hydrogens is 156 g/mol. The molecule has 4 nitrogen and oxygen atoms in total. The average Bonchev–Trinajstić information content (AvgIpc) is 2.30. The molecule has 2 atom stereocenters. The molecule has 1 aromatic rings. The molecular formula is C8H14N2O2. The summed E-state index contributed by atoms with van der Waals surface area (Å²) in [6, 6.07) is -0.304. The summed E-state index contributed by atoms with van der Waals surface area (Å²) in [5, 5.41) is 13.4. The molecule has 1 heterocycles. The summed E-state index contributed by atoms with van der Waals surface area (Å²) in [5.41, 5.74) is 6.96. The quantitative estimate of drug-likeness (QED) is 0.684. The van der Waals surface area contributed by atoms with Crippen LogP contribution in [0, 0.1) is 13.8 Å². The van der Waals surface area contributed by atoms with Crippen LogP contribution in [-0.4, -0.2) is 16.3 Å². The third-order valence-corrected chi connectivity index (χ3v) is 1.88. The SMILES string of the molecule is Cc1noc(C)c1[C@@H](O)[C@@H](C)N. The lowest BCUT2D eigenvalue weighted by Gasteiger charge is -2.13. The average molecular weight is 170 g/mol. The van der Waals surface area contributed by atoms with Gasteiger partial charge in [-0.15, -0.1) is 0 Å². The van der Waals surface area contributed by atoms with Gasteiger partial charge in [-0.05, 0) is 20.8 Å². The fraction of sp³-hybridized carbons (Fsp3) is 0.625. The molecule has 0 aromatic carbocycles. The van der Waals surface area contributed by atoms with Crippen molar-refractivity contribution in [2.24, 2.45) is 5.73 Å². The highest BCUT2D eigenvalue weighted by Gasteiger charge is 2.20. The second-order valence-electron chi connectivity index (χ2n) is 3.04. The molecule has 0 aliphatic carbocycles. The van der Waals surface area contributed by atoms with Crippen LogP contribution in [0.1, 0.15) is 30.0 Å². The maximum absolute atomic E-state index is 9.62. The summed E-state index contributed by atoms with van der Waals surface area (Å²) in [6.45, 7) is 5.30. The van der Waals surface area contributed by atoms with E-state index in [4.69, 9.17) is 10.3 Å². The largest absolute Gasteiger partial charge is 0.387 e. The van der Waals surface area contributed by atoms with Gasteiger partial charge >= 0.3 is 0 Å². The maximum atomic E-state index is 9.62. The molecule has 0 amide bonds. The topological polar surface area (TPSA) is 72.3 Å². The first kappa shape index (κ1) is 9.22. The van der Waals surface area contributed by atoms with Gasteiger partial charge in [0.1, 0.15) is 5.76 Å². The first-order chi connectivity index (χ1) is 5.54. The van der Waals surface area contributed by atoms with E-state index in [1.54, 1.807) is 20.8 Å². The maximum Gasteiger partial charge on any atom is 0.139 e. The number of aliphatic hydroxyl groups is 1. The first-order valence-corrected chi connectivity index (χ1v) is 3.90. The predicted octanol–water partition coefficient (Wildman–Crippen LogP) is 0.672. The molecule has 0 aliphatic heterocycles. The lowest BCUT2D eigenvalue weighted by atomic mass is 10.0. The Bertz CT molecular complexity index is 249. The number of aromatic nitrogens is 1. The van der Waals surface area contributed by atoms with Crippen molar-refractivity contribution in [2.75, 3.05) is 0 Å². The van der Waals surface area contributed by atoms with Gasteiger partial charge in [0.25, 0.3) is 0 Å². The summed E-state index contributed by atoms with van der Waals surface area (Å²) >= 11 is 0. The van der Waals surface area contributed by atoms with Gasteiger partial charge in [-0.25, -0.2) is 0 Å². The predicted molar refractivity (Wildman–Crippen MR) is 44.6 cm³/mol. The van der Waals surface area contributed by atoms with E-state index in [2.05, 4.69) is 5.16 Å². The minimum atomic E-state index is -0.684. The summed E-state index contributed by atoms with van der Waals surface area (Å²) in [5.74, 6) is 0.636. The van der Waals surface area contributed by atoms with Crippen LogP contribution < -0.4 is 5.73 Å². The van der Waals surface area contributed by atoms with Gasteiger partial charge in [0.15, 0.2) is 0 Å². The highest BCUT2D eigenvalue weighted by atomic mass is 16.5. The summed E-state index contributed by atoms with van der Waals surface area (Å²) in [4.78, 5) is 0. The number of nitrogens with two attached hydrogens (primary N) is 1. The van der Waals surface area contributed by atoms with Crippen molar-refractivity contribution in [1.29, 1.82) is 0 Å². The molecule has 1 rings (SSSR count). The van der Waals surface area contributed by atoms with Crippen molar-refractivity contribution in [3.63, 3.8) is 0 Å². The second kappa shape index (κ2) is 3.25. The third-order valence-electron chi connectivity index (χ3n) is 1.88. The van der Waals surface area contributed by atoms with Crippen molar-refractivity contribution in [3.05, 3.63) is 17.0 Å². The highest BCUT2D eigenvalue weighted by molar-refractivity contribution is 5.24. The fourth-order valence-corrected chi connectivity index (χ4v) is 1.18. The molecule has 0 radical (unpaired) electrons. The lowest BCUT2D eigenvalue weighted by Crippen LogP contribution is -2.25. The molecule has 68 valence electrons. The minimum absolute atomic E-state index is 0.304. The molecule has 0 aliphatic rings. The smallest absolute Gasteiger partial charge is 0.139 e. The second-order valence-corrected chi connectivity index (χ2v) is 3.04. The first-order valence-electron chi connectivity index (χ1n) is 3.90. The van der Waals surface area contributed by atoms with Crippen LogP contribution >= 0.6 is 0 Å². The molecule has 3 N–H and O–H groups in total. The molecule has 0 bridgehead atoms. The Morgan fingerprint density at radius 1 is 1.50 bits per heavy atom.